The lowest BCUT2D eigenvalue weighted by atomic mass is 10.1. The van der Waals surface area contributed by atoms with Gasteiger partial charge in [-0.25, -0.2) is 15.0 Å². The van der Waals surface area contributed by atoms with Gasteiger partial charge in [-0.15, -0.1) is 0 Å². The van der Waals surface area contributed by atoms with Gasteiger partial charge in [0.1, 0.15) is 11.5 Å². The van der Waals surface area contributed by atoms with Gasteiger partial charge in [-0.05, 0) is 44.2 Å². The predicted molar refractivity (Wildman–Crippen MR) is 110 cm³/mol. The van der Waals surface area contributed by atoms with Crippen molar-refractivity contribution in [3.8, 4) is 11.3 Å². The van der Waals surface area contributed by atoms with E-state index in [1.807, 2.05) is 24.7 Å². The van der Waals surface area contributed by atoms with E-state index in [4.69, 9.17) is 4.98 Å². The van der Waals surface area contributed by atoms with Crippen LogP contribution >= 0.6 is 0 Å². The lowest BCUT2D eigenvalue weighted by molar-refractivity contribution is 0.570. The van der Waals surface area contributed by atoms with Crippen molar-refractivity contribution in [2.45, 2.75) is 44.3 Å². The largest absolute Gasteiger partial charge is 0.367 e. The van der Waals surface area contributed by atoms with Crippen molar-refractivity contribution in [3.63, 3.8) is 0 Å². The molecule has 2 aliphatic heterocycles. The van der Waals surface area contributed by atoms with Crippen LogP contribution in [0.1, 0.15) is 26.2 Å². The van der Waals surface area contributed by atoms with Crippen LogP contribution in [-0.4, -0.2) is 50.6 Å². The summed E-state index contributed by atoms with van der Waals surface area (Å²) in [6.45, 7) is 4.29. The smallest absolute Gasteiger partial charge is 0.212 e. The minimum atomic E-state index is 0.466. The maximum Gasteiger partial charge on any atom is 0.212 e. The zero-order valence-electron chi connectivity index (χ0n) is 16.0. The summed E-state index contributed by atoms with van der Waals surface area (Å²) in [6, 6.07) is 7.79. The van der Waals surface area contributed by atoms with Crippen LogP contribution < -0.4 is 15.5 Å². The molecule has 144 valence electrons. The number of piperazine rings is 1. The van der Waals surface area contributed by atoms with E-state index < -0.39 is 0 Å². The van der Waals surface area contributed by atoms with Crippen LogP contribution in [0.15, 0.2) is 36.8 Å². The molecule has 3 fully saturated rings. The van der Waals surface area contributed by atoms with E-state index in [1.54, 1.807) is 0 Å². The van der Waals surface area contributed by atoms with Crippen LogP contribution in [-0.2, 0) is 0 Å². The van der Waals surface area contributed by atoms with E-state index in [0.717, 1.165) is 47.7 Å². The number of fused-ring (bicyclic) bond motifs is 3. The van der Waals surface area contributed by atoms with Gasteiger partial charge in [0.2, 0.25) is 5.95 Å². The Morgan fingerprint density at radius 2 is 2.14 bits per heavy atom. The Morgan fingerprint density at radius 3 is 2.93 bits per heavy atom. The standard InChI is InChI=1S/C21H25N7/c1-13(14-2-3-14)25-19-8-15(4-5-22-19)18-10-20-23-6-7-27(20)21(26-18)28-12-16-9-17(28)11-24-16/h4-8,10,13-14,16-17,24H,2-3,9,11-12H2,1H3,(H,22,25)/t13?,16?,17-/m1/s1. The van der Waals surface area contributed by atoms with Gasteiger partial charge in [0.25, 0.3) is 0 Å². The molecule has 1 aliphatic carbocycles. The molecule has 3 aromatic heterocycles. The molecule has 0 aromatic carbocycles. The molecule has 1 saturated carbocycles. The highest BCUT2D eigenvalue weighted by molar-refractivity contribution is 5.68. The average molecular weight is 375 g/mol. The van der Waals surface area contributed by atoms with E-state index in [2.05, 4.69) is 49.0 Å². The molecule has 3 aromatic rings. The van der Waals surface area contributed by atoms with Crippen molar-refractivity contribution in [1.29, 1.82) is 0 Å². The van der Waals surface area contributed by atoms with Crippen LogP contribution in [0.3, 0.4) is 0 Å². The zero-order chi connectivity index (χ0) is 18.7. The van der Waals surface area contributed by atoms with Gasteiger partial charge >= 0.3 is 0 Å². The second kappa shape index (κ2) is 6.17. The van der Waals surface area contributed by atoms with Gasteiger partial charge in [-0.3, -0.25) is 4.40 Å². The summed E-state index contributed by atoms with van der Waals surface area (Å²) in [6.07, 6.45) is 9.58. The van der Waals surface area contributed by atoms with Gasteiger partial charge in [0, 0.05) is 61.4 Å². The monoisotopic (exact) mass is 375 g/mol. The van der Waals surface area contributed by atoms with Crippen molar-refractivity contribution in [2.75, 3.05) is 23.3 Å². The van der Waals surface area contributed by atoms with Crippen molar-refractivity contribution < 1.29 is 0 Å². The predicted octanol–water partition coefficient (Wildman–Crippen LogP) is 2.55. The SMILES string of the molecule is CC(Nc1cc(-c2cc3nccn3c(N3CC4C[C@@H]3CN4)n2)ccn1)C1CC1. The highest BCUT2D eigenvalue weighted by Crippen LogP contribution is 2.34. The summed E-state index contributed by atoms with van der Waals surface area (Å²) < 4.78 is 2.11. The third-order valence-corrected chi connectivity index (χ3v) is 6.44. The molecular formula is C21H25N7. The quantitative estimate of drug-likeness (QED) is 0.714. The van der Waals surface area contributed by atoms with Crippen molar-refractivity contribution in [3.05, 3.63) is 36.8 Å². The Hall–Kier alpha value is -2.67. The molecule has 0 spiro atoms. The second-order valence-electron chi connectivity index (χ2n) is 8.44. The lowest BCUT2D eigenvalue weighted by Crippen LogP contribution is -2.44. The van der Waals surface area contributed by atoms with Crippen molar-refractivity contribution in [1.82, 2.24) is 24.7 Å². The van der Waals surface area contributed by atoms with Gasteiger partial charge in [-0.1, -0.05) is 0 Å². The van der Waals surface area contributed by atoms with E-state index >= 15 is 0 Å². The Balaban J connectivity index is 1.38. The minimum absolute atomic E-state index is 0.466. The molecule has 3 atom stereocenters. The summed E-state index contributed by atoms with van der Waals surface area (Å²) in [5.41, 5.74) is 2.97. The molecule has 7 heteroatoms. The summed E-state index contributed by atoms with van der Waals surface area (Å²) in [4.78, 5) is 16.6. The fourth-order valence-corrected chi connectivity index (χ4v) is 4.68. The van der Waals surface area contributed by atoms with Crippen molar-refractivity contribution in [2.24, 2.45) is 5.92 Å². The summed E-state index contributed by atoms with van der Waals surface area (Å²) in [5, 5.41) is 7.13. The van der Waals surface area contributed by atoms with Crippen LogP contribution in [0.5, 0.6) is 0 Å². The number of imidazole rings is 1. The molecule has 2 bridgehead atoms. The molecule has 2 saturated heterocycles. The number of rotatable bonds is 5. The van der Waals surface area contributed by atoms with Crippen LogP contribution in [0.2, 0.25) is 0 Å². The lowest BCUT2D eigenvalue weighted by Gasteiger charge is -2.29. The third kappa shape index (κ3) is 2.73. The fraction of sp³-hybridized carbons (Fsp3) is 0.476. The van der Waals surface area contributed by atoms with Gasteiger partial charge in [-0.2, -0.15) is 0 Å². The Bertz CT molecular complexity index is 1020. The minimum Gasteiger partial charge on any atom is -0.367 e. The first-order valence-corrected chi connectivity index (χ1v) is 10.3. The number of nitrogens with one attached hydrogen (secondary N) is 2. The summed E-state index contributed by atoms with van der Waals surface area (Å²) in [5.74, 6) is 2.71. The maximum atomic E-state index is 5.08. The summed E-state index contributed by atoms with van der Waals surface area (Å²) in [7, 11) is 0. The Labute approximate surface area is 164 Å². The zero-order valence-corrected chi connectivity index (χ0v) is 16.0. The molecule has 2 unspecified atom stereocenters. The number of hydrogen-bond donors (Lipinski definition) is 2. The molecule has 7 nitrogen and oxygen atoms in total. The summed E-state index contributed by atoms with van der Waals surface area (Å²) >= 11 is 0. The number of hydrogen-bond acceptors (Lipinski definition) is 6. The van der Waals surface area contributed by atoms with Crippen LogP contribution in [0, 0.1) is 5.92 Å². The van der Waals surface area contributed by atoms with Gasteiger partial charge < -0.3 is 15.5 Å². The molecular weight excluding hydrogens is 350 g/mol. The number of pyridine rings is 1. The van der Waals surface area contributed by atoms with Crippen molar-refractivity contribution >= 4 is 17.4 Å². The van der Waals surface area contributed by atoms with E-state index in [-0.39, 0.29) is 0 Å². The highest BCUT2D eigenvalue weighted by Gasteiger charge is 2.39. The highest BCUT2D eigenvalue weighted by atomic mass is 15.4. The first-order valence-electron chi connectivity index (χ1n) is 10.3. The number of anilines is 2. The van der Waals surface area contributed by atoms with E-state index in [1.165, 1.54) is 19.3 Å². The second-order valence-corrected chi connectivity index (χ2v) is 8.44. The first kappa shape index (κ1) is 16.3. The maximum absolute atomic E-state index is 5.08. The molecule has 5 heterocycles. The third-order valence-electron chi connectivity index (χ3n) is 6.44. The number of nitrogens with zero attached hydrogens (tertiary/aromatic N) is 5. The molecule has 2 N–H and O–H groups in total. The molecule has 0 amide bonds. The number of aromatic nitrogens is 4. The fourth-order valence-electron chi connectivity index (χ4n) is 4.68. The normalized spacial score (nSPS) is 24.8. The molecule has 6 rings (SSSR count). The van der Waals surface area contributed by atoms with Gasteiger partial charge in [0.15, 0.2) is 0 Å². The average Bonchev–Trinajstić information content (AvgIpc) is 3.12. The first-order chi connectivity index (χ1) is 13.7. The molecule has 0 radical (unpaired) electrons. The van der Waals surface area contributed by atoms with E-state index in [9.17, 15) is 0 Å². The Morgan fingerprint density at radius 1 is 1.21 bits per heavy atom. The molecule has 28 heavy (non-hydrogen) atoms. The topological polar surface area (TPSA) is 70.4 Å². The van der Waals surface area contributed by atoms with Gasteiger partial charge in [0.05, 0.1) is 5.69 Å². The molecule has 3 aliphatic rings. The van der Waals surface area contributed by atoms with Crippen LogP contribution in [0.25, 0.3) is 16.9 Å². The van der Waals surface area contributed by atoms with Crippen LogP contribution in [0.4, 0.5) is 11.8 Å². The Kier molecular flexibility index (Phi) is 3.59. The van der Waals surface area contributed by atoms with E-state index in [0.29, 0.717) is 18.1 Å².